The summed E-state index contributed by atoms with van der Waals surface area (Å²) in [4.78, 5) is 12.2. The Labute approximate surface area is 96.2 Å². The highest BCUT2D eigenvalue weighted by atomic mass is 16.5. The lowest BCUT2D eigenvalue weighted by Gasteiger charge is -2.11. The van der Waals surface area contributed by atoms with Crippen molar-refractivity contribution in [2.45, 2.75) is 6.54 Å². The van der Waals surface area contributed by atoms with Crippen LogP contribution in [-0.2, 0) is 11.3 Å². The first kappa shape index (κ1) is 12.5. The van der Waals surface area contributed by atoms with Crippen molar-refractivity contribution in [3.8, 4) is 5.75 Å². The monoisotopic (exact) mass is 222 g/mol. The van der Waals surface area contributed by atoms with Crippen molar-refractivity contribution in [1.29, 1.82) is 0 Å². The van der Waals surface area contributed by atoms with E-state index in [4.69, 9.17) is 4.74 Å². The highest BCUT2D eigenvalue weighted by Gasteiger charge is 1.96. The molecule has 1 N–H and O–H groups in total. The number of hydrogen-bond donors (Lipinski definition) is 1. The van der Waals surface area contributed by atoms with Gasteiger partial charge in [-0.05, 0) is 31.8 Å². The van der Waals surface area contributed by atoms with Gasteiger partial charge in [0.2, 0.25) is 6.41 Å². The lowest BCUT2D eigenvalue weighted by atomic mass is 10.2. The minimum Gasteiger partial charge on any atom is -0.492 e. The smallest absolute Gasteiger partial charge is 0.207 e. The van der Waals surface area contributed by atoms with Crippen LogP contribution in [0.4, 0.5) is 0 Å². The van der Waals surface area contributed by atoms with Crippen LogP contribution >= 0.6 is 0 Å². The topological polar surface area (TPSA) is 41.6 Å². The maximum absolute atomic E-state index is 10.1. The van der Waals surface area contributed by atoms with E-state index in [1.165, 1.54) is 0 Å². The van der Waals surface area contributed by atoms with Gasteiger partial charge in [-0.15, -0.1) is 0 Å². The van der Waals surface area contributed by atoms with Crippen LogP contribution in [0.2, 0.25) is 0 Å². The standard InChI is InChI=1S/C12H18N2O2/c1-14(2)7-8-16-12-5-3-11(4-6-12)9-13-10-15/h3-6,10H,7-9H2,1-2H3,(H,13,15). The molecule has 0 aliphatic heterocycles. The van der Waals surface area contributed by atoms with Crippen LogP contribution in [0.1, 0.15) is 5.56 Å². The van der Waals surface area contributed by atoms with Gasteiger partial charge < -0.3 is 15.0 Å². The molecule has 4 heteroatoms. The van der Waals surface area contributed by atoms with Crippen LogP contribution in [-0.4, -0.2) is 38.6 Å². The Morgan fingerprint density at radius 2 is 2.00 bits per heavy atom. The van der Waals surface area contributed by atoms with E-state index in [1.54, 1.807) is 0 Å². The summed E-state index contributed by atoms with van der Waals surface area (Å²) >= 11 is 0. The quantitative estimate of drug-likeness (QED) is 0.696. The van der Waals surface area contributed by atoms with Gasteiger partial charge in [0, 0.05) is 13.1 Å². The van der Waals surface area contributed by atoms with Crippen molar-refractivity contribution in [2.75, 3.05) is 27.2 Å². The number of likely N-dealkylation sites (N-methyl/N-ethyl adjacent to an activating group) is 1. The van der Waals surface area contributed by atoms with Crippen LogP contribution in [0.5, 0.6) is 5.75 Å². The Balaban J connectivity index is 2.35. The Hall–Kier alpha value is -1.55. The van der Waals surface area contributed by atoms with Gasteiger partial charge in [-0.2, -0.15) is 0 Å². The fraction of sp³-hybridized carbons (Fsp3) is 0.417. The molecular weight excluding hydrogens is 204 g/mol. The number of nitrogens with one attached hydrogen (secondary N) is 1. The summed E-state index contributed by atoms with van der Waals surface area (Å²) in [7, 11) is 4.02. The number of amides is 1. The molecule has 1 amide bonds. The predicted octanol–water partition coefficient (Wildman–Crippen LogP) is 0.873. The van der Waals surface area contributed by atoms with E-state index in [0.29, 0.717) is 19.6 Å². The summed E-state index contributed by atoms with van der Waals surface area (Å²) in [5, 5.41) is 2.61. The van der Waals surface area contributed by atoms with Crippen LogP contribution < -0.4 is 10.1 Å². The largest absolute Gasteiger partial charge is 0.492 e. The van der Waals surface area contributed by atoms with Gasteiger partial charge in [0.05, 0.1) is 0 Å². The number of ether oxygens (including phenoxy) is 1. The van der Waals surface area contributed by atoms with E-state index >= 15 is 0 Å². The molecule has 1 rings (SSSR count). The van der Waals surface area contributed by atoms with E-state index in [9.17, 15) is 4.79 Å². The van der Waals surface area contributed by atoms with E-state index in [0.717, 1.165) is 17.9 Å². The summed E-state index contributed by atoms with van der Waals surface area (Å²) in [5.74, 6) is 0.858. The number of hydrogen-bond acceptors (Lipinski definition) is 3. The molecule has 0 unspecified atom stereocenters. The molecule has 0 radical (unpaired) electrons. The predicted molar refractivity (Wildman–Crippen MR) is 63.4 cm³/mol. The normalized spacial score (nSPS) is 10.2. The van der Waals surface area contributed by atoms with Crippen LogP contribution in [0, 0.1) is 0 Å². The van der Waals surface area contributed by atoms with Crippen LogP contribution in [0.3, 0.4) is 0 Å². The van der Waals surface area contributed by atoms with Gasteiger partial charge in [0.1, 0.15) is 12.4 Å². The van der Waals surface area contributed by atoms with Crippen molar-refractivity contribution in [3.63, 3.8) is 0 Å². The summed E-state index contributed by atoms with van der Waals surface area (Å²) < 4.78 is 5.54. The molecule has 0 heterocycles. The molecule has 0 fully saturated rings. The minimum absolute atomic E-state index is 0.557. The molecule has 0 spiro atoms. The van der Waals surface area contributed by atoms with Crippen molar-refractivity contribution in [3.05, 3.63) is 29.8 Å². The highest BCUT2D eigenvalue weighted by molar-refractivity contribution is 5.46. The molecule has 16 heavy (non-hydrogen) atoms. The maximum Gasteiger partial charge on any atom is 0.207 e. The number of rotatable bonds is 7. The SMILES string of the molecule is CN(C)CCOc1ccc(CNC=O)cc1. The lowest BCUT2D eigenvalue weighted by Crippen LogP contribution is -2.19. The first-order valence-corrected chi connectivity index (χ1v) is 5.26. The minimum atomic E-state index is 0.557. The first-order chi connectivity index (χ1) is 7.72. The van der Waals surface area contributed by atoms with Crippen LogP contribution in [0.15, 0.2) is 24.3 Å². The van der Waals surface area contributed by atoms with E-state index in [-0.39, 0.29) is 0 Å². The van der Waals surface area contributed by atoms with Crippen molar-refractivity contribution in [2.24, 2.45) is 0 Å². The molecule has 1 aromatic rings. The summed E-state index contributed by atoms with van der Waals surface area (Å²) in [6.07, 6.45) is 0.696. The Bertz CT molecular complexity index is 309. The fourth-order valence-electron chi connectivity index (χ4n) is 1.21. The molecule has 0 bridgehead atoms. The molecule has 0 saturated heterocycles. The van der Waals surface area contributed by atoms with Crippen molar-refractivity contribution in [1.82, 2.24) is 10.2 Å². The second-order valence-corrected chi connectivity index (χ2v) is 3.79. The van der Waals surface area contributed by atoms with Crippen LogP contribution in [0.25, 0.3) is 0 Å². The number of benzene rings is 1. The zero-order chi connectivity index (χ0) is 11.8. The summed E-state index contributed by atoms with van der Waals surface area (Å²) in [6.45, 7) is 2.13. The molecule has 0 aromatic heterocycles. The third kappa shape index (κ3) is 4.79. The Kier molecular flexibility index (Phi) is 5.36. The zero-order valence-corrected chi connectivity index (χ0v) is 9.77. The second kappa shape index (κ2) is 6.85. The molecular formula is C12H18N2O2. The fourth-order valence-corrected chi connectivity index (χ4v) is 1.21. The average Bonchev–Trinajstić information content (AvgIpc) is 2.27. The van der Waals surface area contributed by atoms with Crippen molar-refractivity contribution >= 4 is 6.41 Å². The molecule has 1 aromatic carbocycles. The molecule has 0 saturated carbocycles. The maximum atomic E-state index is 10.1. The van der Waals surface area contributed by atoms with E-state index in [2.05, 4.69) is 10.2 Å². The van der Waals surface area contributed by atoms with E-state index < -0.39 is 0 Å². The van der Waals surface area contributed by atoms with Crippen molar-refractivity contribution < 1.29 is 9.53 Å². The average molecular weight is 222 g/mol. The second-order valence-electron chi connectivity index (χ2n) is 3.79. The molecule has 4 nitrogen and oxygen atoms in total. The molecule has 0 aliphatic rings. The number of carbonyl (C=O) groups is 1. The van der Waals surface area contributed by atoms with Gasteiger partial charge in [0.15, 0.2) is 0 Å². The lowest BCUT2D eigenvalue weighted by molar-refractivity contribution is -0.109. The highest BCUT2D eigenvalue weighted by Crippen LogP contribution is 2.11. The third-order valence-corrected chi connectivity index (χ3v) is 2.12. The van der Waals surface area contributed by atoms with Gasteiger partial charge in [-0.3, -0.25) is 4.79 Å². The molecule has 0 aliphatic carbocycles. The van der Waals surface area contributed by atoms with Gasteiger partial charge >= 0.3 is 0 Å². The number of carbonyl (C=O) groups excluding carboxylic acids is 1. The summed E-state index contributed by atoms with van der Waals surface area (Å²) in [6, 6.07) is 7.72. The van der Waals surface area contributed by atoms with Gasteiger partial charge in [-0.1, -0.05) is 12.1 Å². The Morgan fingerprint density at radius 1 is 1.31 bits per heavy atom. The number of nitrogens with zero attached hydrogens (tertiary/aromatic N) is 1. The van der Waals surface area contributed by atoms with E-state index in [1.807, 2.05) is 38.4 Å². The molecule has 0 atom stereocenters. The summed E-state index contributed by atoms with van der Waals surface area (Å²) in [5.41, 5.74) is 1.06. The first-order valence-electron chi connectivity index (χ1n) is 5.26. The molecule has 88 valence electrons. The van der Waals surface area contributed by atoms with Gasteiger partial charge in [0.25, 0.3) is 0 Å². The van der Waals surface area contributed by atoms with Gasteiger partial charge in [-0.25, -0.2) is 0 Å². The third-order valence-electron chi connectivity index (χ3n) is 2.12. The Morgan fingerprint density at radius 3 is 2.56 bits per heavy atom. The zero-order valence-electron chi connectivity index (χ0n) is 9.77.